The van der Waals surface area contributed by atoms with Gasteiger partial charge in [-0.05, 0) is 31.9 Å². The number of allylic oxidation sites excluding steroid dienone is 1. The van der Waals surface area contributed by atoms with Crippen LogP contribution in [0.2, 0.25) is 0 Å². The molecule has 0 radical (unpaired) electrons. The summed E-state index contributed by atoms with van der Waals surface area (Å²) in [6, 6.07) is 3.45. The number of carbonyl (C=O) groups excluding carboxylic acids is 2. The van der Waals surface area contributed by atoms with E-state index in [2.05, 4.69) is 21.2 Å². The van der Waals surface area contributed by atoms with Gasteiger partial charge in [-0.25, -0.2) is 14.0 Å². The van der Waals surface area contributed by atoms with Crippen LogP contribution in [0.4, 0.5) is 9.18 Å². The minimum atomic E-state index is -0.863. The van der Waals surface area contributed by atoms with Crippen LogP contribution in [0.15, 0.2) is 33.9 Å². The van der Waals surface area contributed by atoms with Gasteiger partial charge < -0.3 is 10.1 Å². The molecular weight excluding hydrogens is 367 g/mol. The zero-order valence-electron chi connectivity index (χ0n) is 12.7. The number of methoxy groups -OCH3 is 1. The molecule has 1 aliphatic carbocycles. The van der Waals surface area contributed by atoms with E-state index >= 15 is 0 Å². The summed E-state index contributed by atoms with van der Waals surface area (Å²) in [5.41, 5.74) is 1.02. The average molecular weight is 383 g/mol. The predicted octanol–water partition coefficient (Wildman–Crippen LogP) is 3.26. The van der Waals surface area contributed by atoms with Gasteiger partial charge in [0.2, 0.25) is 0 Å². The van der Waals surface area contributed by atoms with E-state index in [9.17, 15) is 14.0 Å². The number of amides is 2. The Morgan fingerprint density at radius 1 is 1.43 bits per heavy atom. The average Bonchev–Trinajstić information content (AvgIpc) is 3.31. The van der Waals surface area contributed by atoms with Crippen LogP contribution < -0.4 is 5.32 Å². The molecular formula is C16H16BrFN2O3. The minimum Gasteiger partial charge on any atom is -0.466 e. The number of benzene rings is 1. The van der Waals surface area contributed by atoms with Crippen molar-refractivity contribution in [1.82, 2.24) is 10.2 Å². The first-order valence-corrected chi connectivity index (χ1v) is 8.07. The van der Waals surface area contributed by atoms with E-state index in [4.69, 9.17) is 4.74 Å². The Kier molecular flexibility index (Phi) is 4.14. The zero-order chi connectivity index (χ0) is 16.7. The number of esters is 1. The topological polar surface area (TPSA) is 58.6 Å². The summed E-state index contributed by atoms with van der Waals surface area (Å²) in [7, 11) is 1.27. The highest BCUT2D eigenvalue weighted by Gasteiger charge is 2.43. The number of rotatable bonds is 3. The van der Waals surface area contributed by atoms with Gasteiger partial charge in [-0.2, -0.15) is 0 Å². The molecule has 0 spiro atoms. The molecule has 1 N–H and O–H groups in total. The van der Waals surface area contributed by atoms with Gasteiger partial charge >= 0.3 is 12.0 Å². The molecule has 1 aliphatic heterocycles. The number of nitrogens with one attached hydrogen (secondary N) is 1. The fourth-order valence-electron chi connectivity index (χ4n) is 2.87. The van der Waals surface area contributed by atoms with Gasteiger partial charge in [0.1, 0.15) is 5.82 Å². The molecule has 3 rings (SSSR count). The second-order valence-electron chi connectivity index (χ2n) is 5.64. The third-order valence-corrected chi connectivity index (χ3v) is 4.61. The molecule has 122 valence electrons. The lowest BCUT2D eigenvalue weighted by atomic mass is 9.94. The molecule has 5 nitrogen and oxygen atoms in total. The van der Waals surface area contributed by atoms with E-state index < -0.39 is 17.8 Å². The maximum Gasteiger partial charge on any atom is 0.337 e. The quantitative estimate of drug-likeness (QED) is 0.816. The normalized spacial score (nSPS) is 21.3. The molecule has 1 aromatic carbocycles. The second-order valence-corrected chi connectivity index (χ2v) is 6.56. The maximum atomic E-state index is 14.3. The van der Waals surface area contributed by atoms with E-state index in [0.29, 0.717) is 10.2 Å². The van der Waals surface area contributed by atoms with Crippen molar-refractivity contribution in [3.8, 4) is 0 Å². The number of urea groups is 1. The van der Waals surface area contributed by atoms with E-state index in [-0.39, 0.29) is 23.2 Å². The van der Waals surface area contributed by atoms with Crippen LogP contribution in [0.1, 0.15) is 31.4 Å². The molecule has 2 amide bonds. The first kappa shape index (κ1) is 16.0. The molecule has 0 aromatic heterocycles. The predicted molar refractivity (Wildman–Crippen MR) is 84.9 cm³/mol. The Bertz CT molecular complexity index is 715. The van der Waals surface area contributed by atoms with Gasteiger partial charge in [0.05, 0.1) is 18.7 Å². The van der Waals surface area contributed by atoms with Gasteiger partial charge in [-0.1, -0.05) is 22.0 Å². The first-order valence-electron chi connectivity index (χ1n) is 7.27. The van der Waals surface area contributed by atoms with Crippen LogP contribution in [-0.4, -0.2) is 30.1 Å². The third-order valence-electron chi connectivity index (χ3n) is 4.12. The number of hydrogen-bond acceptors (Lipinski definition) is 3. The van der Waals surface area contributed by atoms with Crippen molar-refractivity contribution < 1.29 is 18.7 Å². The SMILES string of the molecule is COC(=O)C1=C(C)N(C2CC2)C(=O)N[C@H]1c1ccc(Br)cc1F. The Labute approximate surface area is 141 Å². The summed E-state index contributed by atoms with van der Waals surface area (Å²) in [6.07, 6.45) is 1.80. The molecule has 0 saturated heterocycles. The minimum absolute atomic E-state index is 0.102. The van der Waals surface area contributed by atoms with Gasteiger partial charge in [-0.15, -0.1) is 0 Å². The molecule has 1 fully saturated rings. The maximum absolute atomic E-state index is 14.3. The number of carbonyl (C=O) groups is 2. The monoisotopic (exact) mass is 382 g/mol. The summed E-state index contributed by atoms with van der Waals surface area (Å²) >= 11 is 3.20. The van der Waals surface area contributed by atoms with Crippen LogP contribution in [0.5, 0.6) is 0 Å². The van der Waals surface area contributed by atoms with Gasteiger partial charge in [0, 0.05) is 21.8 Å². The number of halogens is 2. The van der Waals surface area contributed by atoms with E-state index in [1.54, 1.807) is 24.0 Å². The lowest BCUT2D eigenvalue weighted by Gasteiger charge is -2.35. The summed E-state index contributed by atoms with van der Waals surface area (Å²) < 4.78 is 19.8. The molecule has 7 heteroatoms. The Hall–Kier alpha value is -1.89. The van der Waals surface area contributed by atoms with Crippen molar-refractivity contribution >= 4 is 27.9 Å². The molecule has 2 aliphatic rings. The molecule has 0 bridgehead atoms. The van der Waals surface area contributed by atoms with Gasteiger partial charge in [-0.3, -0.25) is 4.90 Å². The highest BCUT2D eigenvalue weighted by Crippen LogP contribution is 2.38. The Morgan fingerprint density at radius 2 is 2.13 bits per heavy atom. The third kappa shape index (κ3) is 2.85. The molecule has 1 heterocycles. The zero-order valence-corrected chi connectivity index (χ0v) is 14.3. The lowest BCUT2D eigenvalue weighted by molar-refractivity contribution is -0.136. The van der Waals surface area contributed by atoms with Crippen LogP contribution in [0, 0.1) is 5.82 Å². The molecule has 1 atom stereocenters. The van der Waals surface area contributed by atoms with Crippen LogP contribution in [0.25, 0.3) is 0 Å². The summed E-state index contributed by atoms with van der Waals surface area (Å²) in [5.74, 6) is -1.07. The highest BCUT2D eigenvalue weighted by atomic mass is 79.9. The largest absolute Gasteiger partial charge is 0.466 e. The van der Waals surface area contributed by atoms with Crippen molar-refractivity contribution in [3.05, 3.63) is 45.3 Å². The number of hydrogen-bond donors (Lipinski definition) is 1. The molecule has 1 aromatic rings. The van der Waals surface area contributed by atoms with Crippen molar-refractivity contribution in [2.45, 2.75) is 31.8 Å². The fraction of sp³-hybridized carbons (Fsp3) is 0.375. The van der Waals surface area contributed by atoms with Crippen molar-refractivity contribution in [3.63, 3.8) is 0 Å². The summed E-state index contributed by atoms with van der Waals surface area (Å²) in [5, 5.41) is 2.73. The standard InChI is InChI=1S/C16H16BrFN2O3/c1-8-13(15(21)23-2)14(11-6-3-9(17)7-12(11)18)19-16(22)20(8)10-4-5-10/h3,6-7,10,14H,4-5H2,1-2H3,(H,19,22)/t14-/m0/s1. The number of ether oxygens (including phenoxy) is 1. The summed E-state index contributed by atoms with van der Waals surface area (Å²) in [4.78, 5) is 26.2. The van der Waals surface area contributed by atoms with Crippen molar-refractivity contribution in [1.29, 1.82) is 0 Å². The Balaban J connectivity index is 2.11. The van der Waals surface area contributed by atoms with E-state index in [1.807, 2.05) is 0 Å². The van der Waals surface area contributed by atoms with Crippen LogP contribution in [0.3, 0.4) is 0 Å². The fourth-order valence-corrected chi connectivity index (χ4v) is 3.21. The van der Waals surface area contributed by atoms with Crippen LogP contribution >= 0.6 is 15.9 Å². The van der Waals surface area contributed by atoms with Crippen molar-refractivity contribution in [2.75, 3.05) is 7.11 Å². The van der Waals surface area contributed by atoms with Gasteiger partial charge in [0.15, 0.2) is 0 Å². The second kappa shape index (κ2) is 5.96. The van der Waals surface area contributed by atoms with Crippen molar-refractivity contribution in [2.24, 2.45) is 0 Å². The Morgan fingerprint density at radius 3 is 2.70 bits per heavy atom. The lowest BCUT2D eigenvalue weighted by Crippen LogP contribution is -2.49. The van der Waals surface area contributed by atoms with Gasteiger partial charge in [0.25, 0.3) is 0 Å². The molecule has 23 heavy (non-hydrogen) atoms. The highest BCUT2D eigenvalue weighted by molar-refractivity contribution is 9.10. The first-order chi connectivity index (χ1) is 10.9. The van der Waals surface area contributed by atoms with E-state index in [0.717, 1.165) is 12.8 Å². The molecule has 1 saturated carbocycles. The smallest absolute Gasteiger partial charge is 0.337 e. The van der Waals surface area contributed by atoms with E-state index in [1.165, 1.54) is 13.2 Å². The molecule has 0 unspecified atom stereocenters. The summed E-state index contributed by atoms with van der Waals surface area (Å²) in [6.45, 7) is 1.70. The van der Waals surface area contributed by atoms with Crippen LogP contribution in [-0.2, 0) is 9.53 Å². The number of nitrogens with zero attached hydrogens (tertiary/aromatic N) is 1.